The fourth-order valence-corrected chi connectivity index (χ4v) is 1.47. The molecule has 0 spiro atoms. The van der Waals surface area contributed by atoms with Gasteiger partial charge in [-0.05, 0) is 30.7 Å². The fourth-order valence-electron chi connectivity index (χ4n) is 1.47. The van der Waals surface area contributed by atoms with Crippen LogP contribution in [0, 0.1) is 6.92 Å². The highest BCUT2D eigenvalue weighted by Gasteiger charge is 2.10. The van der Waals surface area contributed by atoms with E-state index >= 15 is 0 Å². The van der Waals surface area contributed by atoms with Crippen molar-refractivity contribution in [2.24, 2.45) is 0 Å². The highest BCUT2D eigenvalue weighted by atomic mass is 16.5. The third-order valence-corrected chi connectivity index (χ3v) is 2.50. The smallest absolute Gasteiger partial charge is 0.325 e. The quantitative estimate of drug-likeness (QED) is 0.758. The second kappa shape index (κ2) is 7.13. The summed E-state index contributed by atoms with van der Waals surface area (Å²) in [6.45, 7) is 1.78. The number of nitrogens with one attached hydrogen (secondary N) is 2. The second-order valence-corrected chi connectivity index (χ2v) is 4.08. The van der Waals surface area contributed by atoms with Gasteiger partial charge in [0.1, 0.15) is 5.75 Å². The third kappa shape index (κ3) is 4.97. The van der Waals surface area contributed by atoms with Crippen molar-refractivity contribution in [3.8, 4) is 5.75 Å². The number of anilines is 1. The summed E-state index contributed by atoms with van der Waals surface area (Å²) < 4.78 is 5.04. The minimum Gasteiger partial charge on any atom is -0.497 e. The zero-order valence-corrected chi connectivity index (χ0v) is 11.2. The molecule has 108 valence electrons. The molecule has 1 aromatic rings. The van der Waals surface area contributed by atoms with Crippen molar-refractivity contribution in [1.82, 2.24) is 5.32 Å². The molecule has 0 bridgehead atoms. The van der Waals surface area contributed by atoms with Crippen molar-refractivity contribution in [3.05, 3.63) is 23.8 Å². The number of carbonyl (C=O) groups is 3. The summed E-state index contributed by atoms with van der Waals surface area (Å²) in [6, 6.07) is 4.36. The summed E-state index contributed by atoms with van der Waals surface area (Å²) in [7, 11) is 1.54. The fraction of sp³-hybridized carbons (Fsp3) is 0.308. The van der Waals surface area contributed by atoms with Crippen LogP contribution in [-0.4, -0.2) is 30.1 Å². The summed E-state index contributed by atoms with van der Waals surface area (Å²) in [4.78, 5) is 33.1. The predicted molar refractivity (Wildman–Crippen MR) is 71.8 cm³/mol. The van der Waals surface area contributed by atoms with Crippen LogP contribution in [0.3, 0.4) is 0 Å². The van der Waals surface area contributed by atoms with Gasteiger partial charge >= 0.3 is 12.0 Å². The van der Waals surface area contributed by atoms with E-state index in [0.717, 1.165) is 5.56 Å². The molecule has 0 atom stereocenters. The van der Waals surface area contributed by atoms with Crippen LogP contribution in [0.25, 0.3) is 0 Å². The van der Waals surface area contributed by atoms with Crippen LogP contribution in [-0.2, 0) is 9.59 Å². The van der Waals surface area contributed by atoms with Crippen LogP contribution in [0.1, 0.15) is 18.4 Å². The van der Waals surface area contributed by atoms with Crippen molar-refractivity contribution >= 4 is 23.6 Å². The summed E-state index contributed by atoms with van der Waals surface area (Å²) in [5.41, 5.74) is 1.31. The lowest BCUT2D eigenvalue weighted by Gasteiger charge is -2.10. The molecule has 3 N–H and O–H groups in total. The number of benzene rings is 1. The van der Waals surface area contributed by atoms with E-state index in [0.29, 0.717) is 11.4 Å². The van der Waals surface area contributed by atoms with E-state index in [1.807, 2.05) is 0 Å². The zero-order chi connectivity index (χ0) is 15.1. The topological polar surface area (TPSA) is 105 Å². The molecule has 0 aromatic heterocycles. The summed E-state index contributed by atoms with van der Waals surface area (Å²) >= 11 is 0. The Balaban J connectivity index is 2.54. The highest BCUT2D eigenvalue weighted by molar-refractivity contribution is 6.01. The minimum atomic E-state index is -1.09. The third-order valence-electron chi connectivity index (χ3n) is 2.50. The van der Waals surface area contributed by atoms with Gasteiger partial charge in [-0.2, -0.15) is 0 Å². The second-order valence-electron chi connectivity index (χ2n) is 4.08. The Morgan fingerprint density at radius 1 is 1.25 bits per heavy atom. The van der Waals surface area contributed by atoms with Crippen LogP contribution < -0.4 is 15.4 Å². The number of amides is 3. The molecule has 0 heterocycles. The van der Waals surface area contributed by atoms with Gasteiger partial charge in [-0.15, -0.1) is 0 Å². The number of aliphatic carboxylic acids is 1. The van der Waals surface area contributed by atoms with Gasteiger partial charge in [0.25, 0.3) is 0 Å². The molecule has 7 nitrogen and oxygen atoms in total. The van der Waals surface area contributed by atoms with E-state index in [1.165, 1.54) is 7.11 Å². The normalized spacial score (nSPS) is 9.70. The number of carboxylic acid groups (broad SMARTS) is 1. The van der Waals surface area contributed by atoms with E-state index in [-0.39, 0.29) is 12.8 Å². The molecule has 0 aliphatic carbocycles. The molecule has 0 unspecified atom stereocenters. The van der Waals surface area contributed by atoms with Gasteiger partial charge in [0.2, 0.25) is 5.91 Å². The van der Waals surface area contributed by atoms with Crippen LogP contribution >= 0.6 is 0 Å². The van der Waals surface area contributed by atoms with Gasteiger partial charge in [-0.3, -0.25) is 14.9 Å². The van der Waals surface area contributed by atoms with Crippen LogP contribution in [0.5, 0.6) is 5.75 Å². The molecule has 0 aliphatic rings. The van der Waals surface area contributed by atoms with Gasteiger partial charge in [0, 0.05) is 12.1 Å². The Hall–Kier alpha value is -2.57. The number of imide groups is 1. The van der Waals surface area contributed by atoms with Crippen molar-refractivity contribution in [3.63, 3.8) is 0 Å². The van der Waals surface area contributed by atoms with E-state index in [4.69, 9.17) is 9.84 Å². The molecule has 20 heavy (non-hydrogen) atoms. The number of methoxy groups -OCH3 is 1. The van der Waals surface area contributed by atoms with Crippen molar-refractivity contribution in [1.29, 1.82) is 0 Å². The minimum absolute atomic E-state index is 0.246. The predicted octanol–water partition coefficient (Wildman–Crippen LogP) is 1.52. The van der Waals surface area contributed by atoms with Gasteiger partial charge in [0.15, 0.2) is 0 Å². The first-order valence-electron chi connectivity index (χ1n) is 5.89. The maximum atomic E-state index is 11.6. The van der Waals surface area contributed by atoms with Gasteiger partial charge in [-0.25, -0.2) is 4.79 Å². The van der Waals surface area contributed by atoms with Gasteiger partial charge in [-0.1, -0.05) is 0 Å². The number of hydrogen-bond donors (Lipinski definition) is 3. The molecular weight excluding hydrogens is 264 g/mol. The SMILES string of the molecule is COc1ccc(NC(=O)NC(=O)CCC(=O)O)c(C)c1. The Kier molecular flexibility index (Phi) is 5.52. The van der Waals surface area contributed by atoms with E-state index < -0.39 is 17.9 Å². The van der Waals surface area contributed by atoms with Crippen LogP contribution in [0.15, 0.2) is 18.2 Å². The Labute approximate surface area is 115 Å². The highest BCUT2D eigenvalue weighted by Crippen LogP contribution is 2.20. The van der Waals surface area contributed by atoms with Crippen LogP contribution in [0.4, 0.5) is 10.5 Å². The molecule has 0 fully saturated rings. The number of urea groups is 1. The number of rotatable bonds is 5. The summed E-state index contributed by atoms with van der Waals surface area (Å²) in [5, 5.41) is 13.0. The number of carbonyl (C=O) groups excluding carboxylic acids is 2. The standard InChI is InChI=1S/C13H16N2O5/c1-8-7-9(20-2)3-4-10(8)14-13(19)15-11(16)5-6-12(17)18/h3-4,7H,5-6H2,1-2H3,(H,17,18)(H2,14,15,16,19). The first-order chi connectivity index (χ1) is 9.42. The van der Waals surface area contributed by atoms with Crippen molar-refractivity contribution in [2.75, 3.05) is 12.4 Å². The average Bonchev–Trinajstić information content (AvgIpc) is 2.38. The Morgan fingerprint density at radius 3 is 2.50 bits per heavy atom. The Bertz CT molecular complexity index is 527. The van der Waals surface area contributed by atoms with Gasteiger partial charge in [0.05, 0.1) is 13.5 Å². The molecule has 0 aliphatic heterocycles. The van der Waals surface area contributed by atoms with Crippen molar-refractivity contribution < 1.29 is 24.2 Å². The zero-order valence-electron chi connectivity index (χ0n) is 11.2. The molecule has 1 aromatic carbocycles. The number of carboxylic acids is 1. The molecule has 3 amide bonds. The largest absolute Gasteiger partial charge is 0.497 e. The van der Waals surface area contributed by atoms with Gasteiger partial charge < -0.3 is 15.2 Å². The lowest BCUT2D eigenvalue weighted by atomic mass is 10.2. The number of hydrogen-bond acceptors (Lipinski definition) is 4. The van der Waals surface area contributed by atoms with E-state index in [9.17, 15) is 14.4 Å². The maximum absolute atomic E-state index is 11.6. The monoisotopic (exact) mass is 280 g/mol. The summed E-state index contributed by atoms with van der Waals surface area (Å²) in [6.07, 6.45) is -0.564. The van der Waals surface area contributed by atoms with E-state index in [2.05, 4.69) is 10.6 Å². The van der Waals surface area contributed by atoms with Crippen molar-refractivity contribution in [2.45, 2.75) is 19.8 Å². The lowest BCUT2D eigenvalue weighted by Crippen LogP contribution is -2.34. The molecule has 7 heteroatoms. The van der Waals surface area contributed by atoms with E-state index in [1.54, 1.807) is 25.1 Å². The molecule has 0 saturated heterocycles. The molecule has 1 rings (SSSR count). The Morgan fingerprint density at radius 2 is 1.95 bits per heavy atom. The summed E-state index contributed by atoms with van der Waals surface area (Å²) in [5.74, 6) is -1.08. The first kappa shape index (κ1) is 15.5. The maximum Gasteiger partial charge on any atom is 0.325 e. The average molecular weight is 280 g/mol. The number of aryl methyl sites for hydroxylation is 1. The lowest BCUT2D eigenvalue weighted by molar-refractivity contribution is -0.138. The van der Waals surface area contributed by atoms with Crippen LogP contribution in [0.2, 0.25) is 0 Å². The molecule has 0 saturated carbocycles. The molecular formula is C13H16N2O5. The number of ether oxygens (including phenoxy) is 1. The first-order valence-corrected chi connectivity index (χ1v) is 5.89. The molecule has 0 radical (unpaired) electrons.